The Morgan fingerprint density at radius 1 is 1.11 bits per heavy atom. The normalized spacial score (nSPS) is 10.0. The number of aldehydes is 1. The van der Waals surface area contributed by atoms with Crippen LogP contribution in [0, 0.1) is 0 Å². The highest BCUT2D eigenvalue weighted by Gasteiger charge is 2.06. The van der Waals surface area contributed by atoms with Crippen molar-refractivity contribution in [2.24, 2.45) is 0 Å². The standard InChI is InChI=1S/C16H17NO2/c1-17(15-9-7-13(12-18)8-10-15)11-14-5-3-4-6-16(14)19-2/h3-10,12H,11H2,1-2H3. The van der Waals surface area contributed by atoms with Gasteiger partial charge in [-0.1, -0.05) is 18.2 Å². The van der Waals surface area contributed by atoms with Gasteiger partial charge >= 0.3 is 0 Å². The molecule has 19 heavy (non-hydrogen) atoms. The molecule has 0 radical (unpaired) electrons. The van der Waals surface area contributed by atoms with E-state index in [-0.39, 0.29) is 0 Å². The Morgan fingerprint density at radius 2 is 1.79 bits per heavy atom. The Hall–Kier alpha value is -2.29. The smallest absolute Gasteiger partial charge is 0.150 e. The molecule has 0 unspecified atom stereocenters. The lowest BCUT2D eigenvalue weighted by Gasteiger charge is -2.20. The maximum absolute atomic E-state index is 10.6. The van der Waals surface area contributed by atoms with Crippen molar-refractivity contribution in [2.75, 3.05) is 19.1 Å². The van der Waals surface area contributed by atoms with Crippen LogP contribution in [-0.2, 0) is 6.54 Å². The minimum absolute atomic E-state index is 0.689. The van der Waals surface area contributed by atoms with E-state index in [1.54, 1.807) is 7.11 Å². The summed E-state index contributed by atoms with van der Waals surface area (Å²) in [4.78, 5) is 12.7. The number of para-hydroxylation sites is 1. The highest BCUT2D eigenvalue weighted by Crippen LogP contribution is 2.22. The molecule has 0 atom stereocenters. The molecule has 3 heteroatoms. The summed E-state index contributed by atoms with van der Waals surface area (Å²) in [5.74, 6) is 0.888. The minimum Gasteiger partial charge on any atom is -0.496 e. The van der Waals surface area contributed by atoms with Crippen molar-refractivity contribution >= 4 is 12.0 Å². The van der Waals surface area contributed by atoms with Crippen molar-refractivity contribution in [1.82, 2.24) is 0 Å². The number of rotatable bonds is 5. The van der Waals surface area contributed by atoms with Crippen molar-refractivity contribution in [3.63, 3.8) is 0 Å². The summed E-state index contributed by atoms with van der Waals surface area (Å²) >= 11 is 0. The summed E-state index contributed by atoms with van der Waals surface area (Å²) in [5, 5.41) is 0. The van der Waals surface area contributed by atoms with Gasteiger partial charge in [-0.2, -0.15) is 0 Å². The molecule has 0 saturated heterocycles. The van der Waals surface area contributed by atoms with Crippen LogP contribution in [0.1, 0.15) is 15.9 Å². The second-order valence-electron chi connectivity index (χ2n) is 4.38. The third-order valence-corrected chi connectivity index (χ3v) is 3.07. The Kier molecular flexibility index (Phi) is 4.18. The van der Waals surface area contributed by atoms with Crippen molar-refractivity contribution in [3.8, 4) is 5.75 Å². The number of methoxy groups -OCH3 is 1. The minimum atomic E-state index is 0.689. The number of ether oxygens (including phenoxy) is 1. The van der Waals surface area contributed by atoms with Crippen LogP contribution in [0.3, 0.4) is 0 Å². The molecule has 0 heterocycles. The Balaban J connectivity index is 2.15. The molecule has 2 rings (SSSR count). The fourth-order valence-corrected chi connectivity index (χ4v) is 1.99. The number of benzene rings is 2. The van der Waals surface area contributed by atoms with Crippen molar-refractivity contribution < 1.29 is 9.53 Å². The summed E-state index contributed by atoms with van der Waals surface area (Å²) in [6, 6.07) is 15.5. The lowest BCUT2D eigenvalue weighted by atomic mass is 10.1. The molecule has 0 N–H and O–H groups in total. The average molecular weight is 255 g/mol. The van der Waals surface area contributed by atoms with Gasteiger partial charge in [-0.05, 0) is 30.3 Å². The molecule has 0 aromatic heterocycles. The third-order valence-electron chi connectivity index (χ3n) is 3.07. The number of carbonyl (C=O) groups excluding carboxylic acids is 1. The van der Waals surface area contributed by atoms with E-state index >= 15 is 0 Å². The van der Waals surface area contributed by atoms with Gasteiger partial charge in [0.05, 0.1) is 7.11 Å². The quantitative estimate of drug-likeness (QED) is 0.769. The molecular weight excluding hydrogens is 238 g/mol. The van der Waals surface area contributed by atoms with Crippen LogP contribution in [0.4, 0.5) is 5.69 Å². The molecule has 0 aliphatic carbocycles. The first-order chi connectivity index (χ1) is 9.24. The molecule has 2 aromatic rings. The van der Waals surface area contributed by atoms with E-state index < -0.39 is 0 Å². The average Bonchev–Trinajstić information content (AvgIpc) is 2.48. The molecule has 2 aromatic carbocycles. The van der Waals surface area contributed by atoms with Crippen LogP contribution < -0.4 is 9.64 Å². The first-order valence-corrected chi connectivity index (χ1v) is 6.13. The van der Waals surface area contributed by atoms with Gasteiger partial charge in [-0.15, -0.1) is 0 Å². The van der Waals surface area contributed by atoms with E-state index in [2.05, 4.69) is 11.0 Å². The maximum Gasteiger partial charge on any atom is 0.150 e. The summed E-state index contributed by atoms with van der Waals surface area (Å²) in [5.41, 5.74) is 2.89. The molecular formula is C16H17NO2. The third kappa shape index (κ3) is 3.13. The van der Waals surface area contributed by atoms with Gasteiger partial charge in [0, 0.05) is 30.4 Å². The number of carbonyl (C=O) groups is 1. The predicted molar refractivity (Wildman–Crippen MR) is 76.9 cm³/mol. The second kappa shape index (κ2) is 6.05. The summed E-state index contributed by atoms with van der Waals surface area (Å²) in [6.07, 6.45) is 0.851. The number of anilines is 1. The molecule has 98 valence electrons. The topological polar surface area (TPSA) is 29.5 Å². The lowest BCUT2D eigenvalue weighted by Crippen LogP contribution is -2.16. The fraction of sp³-hybridized carbons (Fsp3) is 0.188. The Labute approximate surface area is 113 Å². The molecule has 0 amide bonds. The van der Waals surface area contributed by atoms with Crippen molar-refractivity contribution in [2.45, 2.75) is 6.54 Å². The number of nitrogens with zero attached hydrogens (tertiary/aromatic N) is 1. The van der Waals surface area contributed by atoms with Gasteiger partial charge < -0.3 is 9.64 Å². The van der Waals surface area contributed by atoms with Crippen LogP contribution >= 0.6 is 0 Å². The monoisotopic (exact) mass is 255 g/mol. The van der Waals surface area contributed by atoms with E-state index in [1.807, 2.05) is 49.5 Å². The van der Waals surface area contributed by atoms with Gasteiger partial charge in [0.2, 0.25) is 0 Å². The number of hydrogen-bond acceptors (Lipinski definition) is 3. The molecule has 0 spiro atoms. The molecule has 0 fully saturated rings. The number of hydrogen-bond donors (Lipinski definition) is 0. The largest absolute Gasteiger partial charge is 0.496 e. The predicted octanol–water partition coefficient (Wildman–Crippen LogP) is 3.14. The zero-order chi connectivity index (χ0) is 13.7. The lowest BCUT2D eigenvalue weighted by molar-refractivity contribution is 0.112. The molecule has 0 aliphatic rings. The Morgan fingerprint density at radius 3 is 2.42 bits per heavy atom. The Bertz CT molecular complexity index is 549. The first-order valence-electron chi connectivity index (χ1n) is 6.13. The zero-order valence-electron chi connectivity index (χ0n) is 11.2. The van der Waals surface area contributed by atoms with E-state index in [9.17, 15) is 4.79 Å². The highest BCUT2D eigenvalue weighted by molar-refractivity contribution is 5.75. The van der Waals surface area contributed by atoms with Crippen molar-refractivity contribution in [3.05, 3.63) is 59.7 Å². The van der Waals surface area contributed by atoms with Crippen molar-refractivity contribution in [1.29, 1.82) is 0 Å². The van der Waals surface area contributed by atoms with Gasteiger partial charge in [0.25, 0.3) is 0 Å². The maximum atomic E-state index is 10.6. The van der Waals surface area contributed by atoms with Crippen LogP contribution in [-0.4, -0.2) is 20.4 Å². The molecule has 3 nitrogen and oxygen atoms in total. The second-order valence-corrected chi connectivity index (χ2v) is 4.38. The SMILES string of the molecule is COc1ccccc1CN(C)c1ccc(C=O)cc1. The molecule has 0 saturated carbocycles. The van der Waals surface area contributed by atoms with E-state index in [1.165, 1.54) is 0 Å². The summed E-state index contributed by atoms with van der Waals surface area (Å²) in [6.45, 7) is 0.754. The van der Waals surface area contributed by atoms with Gasteiger partial charge in [0.1, 0.15) is 12.0 Å². The van der Waals surface area contributed by atoms with Crippen LogP contribution in [0.25, 0.3) is 0 Å². The van der Waals surface area contributed by atoms with Gasteiger partial charge in [-0.3, -0.25) is 4.79 Å². The van der Waals surface area contributed by atoms with Gasteiger partial charge in [-0.25, -0.2) is 0 Å². The van der Waals surface area contributed by atoms with Crippen LogP contribution in [0.15, 0.2) is 48.5 Å². The summed E-state index contributed by atoms with van der Waals surface area (Å²) < 4.78 is 5.35. The van der Waals surface area contributed by atoms with Crippen LogP contribution in [0.5, 0.6) is 5.75 Å². The molecule has 0 bridgehead atoms. The summed E-state index contributed by atoms with van der Waals surface area (Å²) in [7, 11) is 3.69. The fourth-order valence-electron chi connectivity index (χ4n) is 1.99. The van der Waals surface area contributed by atoms with E-state index in [0.29, 0.717) is 5.56 Å². The first kappa shape index (κ1) is 13.1. The van der Waals surface area contributed by atoms with Gasteiger partial charge in [0.15, 0.2) is 0 Å². The van der Waals surface area contributed by atoms with Crippen LogP contribution in [0.2, 0.25) is 0 Å². The zero-order valence-corrected chi connectivity index (χ0v) is 11.2. The molecule has 0 aliphatic heterocycles. The van der Waals surface area contributed by atoms with E-state index in [4.69, 9.17) is 4.74 Å². The van der Waals surface area contributed by atoms with E-state index in [0.717, 1.165) is 29.8 Å². The highest BCUT2D eigenvalue weighted by atomic mass is 16.5.